The van der Waals surface area contributed by atoms with Gasteiger partial charge in [0, 0.05) is 11.1 Å². The highest BCUT2D eigenvalue weighted by Crippen LogP contribution is 2.21. The molecule has 0 saturated heterocycles. The molecule has 0 fully saturated rings. The van der Waals surface area contributed by atoms with E-state index in [9.17, 15) is 4.39 Å². The molecule has 0 aliphatic carbocycles. The van der Waals surface area contributed by atoms with Crippen LogP contribution in [-0.2, 0) is 6.42 Å². The normalized spacial score (nSPS) is 14.5. The summed E-state index contributed by atoms with van der Waals surface area (Å²) >= 11 is 6.08. The number of hydrogen-bond acceptors (Lipinski definition) is 1. The van der Waals surface area contributed by atoms with E-state index in [-0.39, 0.29) is 5.82 Å². The molecule has 3 heteroatoms. The molecule has 0 aliphatic rings. The molecule has 0 radical (unpaired) electrons. The maximum Gasteiger partial charge on any atom is 0.124 e. The lowest BCUT2D eigenvalue weighted by molar-refractivity contribution is 0.397. The first-order valence-corrected chi connectivity index (χ1v) is 7.11. The van der Waals surface area contributed by atoms with Gasteiger partial charge in [-0.05, 0) is 43.0 Å². The van der Waals surface area contributed by atoms with Gasteiger partial charge in [0.2, 0.25) is 0 Å². The molecule has 102 valence electrons. The predicted octanol–water partition coefficient (Wildman–Crippen LogP) is 4.44. The van der Waals surface area contributed by atoms with Crippen LogP contribution in [0.25, 0.3) is 0 Å². The number of nitrogens with one attached hydrogen (secondary N) is 1. The van der Waals surface area contributed by atoms with Crippen molar-refractivity contribution in [1.82, 2.24) is 5.32 Å². The van der Waals surface area contributed by atoms with Gasteiger partial charge in [0.25, 0.3) is 0 Å². The Morgan fingerprint density at radius 2 is 2.06 bits per heavy atom. The first-order chi connectivity index (χ1) is 8.56. The fourth-order valence-electron chi connectivity index (χ4n) is 2.13. The van der Waals surface area contributed by atoms with Crippen LogP contribution >= 0.6 is 11.6 Å². The molecule has 0 aliphatic heterocycles. The van der Waals surface area contributed by atoms with Crippen LogP contribution < -0.4 is 5.32 Å². The molecule has 1 aromatic rings. The van der Waals surface area contributed by atoms with E-state index in [0.29, 0.717) is 17.0 Å². The van der Waals surface area contributed by atoms with Crippen molar-refractivity contribution < 1.29 is 4.39 Å². The molecule has 0 amide bonds. The molecule has 1 rings (SSSR count). The number of hydrogen-bond donors (Lipinski definition) is 1. The van der Waals surface area contributed by atoms with Crippen molar-refractivity contribution in [2.45, 2.75) is 46.1 Å². The van der Waals surface area contributed by atoms with Gasteiger partial charge in [-0.25, -0.2) is 4.39 Å². The maximum atomic E-state index is 13.0. The Labute approximate surface area is 115 Å². The third kappa shape index (κ3) is 4.95. The number of halogens is 2. The van der Waals surface area contributed by atoms with E-state index >= 15 is 0 Å². The summed E-state index contributed by atoms with van der Waals surface area (Å²) in [6, 6.07) is 5.07. The molecule has 0 spiro atoms. The predicted molar refractivity (Wildman–Crippen MR) is 76.7 cm³/mol. The topological polar surface area (TPSA) is 12.0 Å². The van der Waals surface area contributed by atoms with E-state index in [4.69, 9.17) is 11.6 Å². The summed E-state index contributed by atoms with van der Waals surface area (Å²) in [5.74, 6) is 0.416. The van der Waals surface area contributed by atoms with Crippen molar-refractivity contribution in [3.63, 3.8) is 0 Å². The minimum absolute atomic E-state index is 0.273. The summed E-state index contributed by atoms with van der Waals surface area (Å²) in [5, 5.41) is 4.02. The minimum atomic E-state index is -0.273. The second-order valence-corrected chi connectivity index (χ2v) is 5.35. The van der Waals surface area contributed by atoms with Gasteiger partial charge >= 0.3 is 0 Å². The van der Waals surface area contributed by atoms with Crippen LogP contribution in [0.5, 0.6) is 0 Å². The fraction of sp³-hybridized carbons (Fsp3) is 0.600. The van der Waals surface area contributed by atoms with Crippen molar-refractivity contribution >= 4 is 11.6 Å². The van der Waals surface area contributed by atoms with Crippen molar-refractivity contribution in [1.29, 1.82) is 0 Å². The van der Waals surface area contributed by atoms with Gasteiger partial charge in [0.15, 0.2) is 0 Å². The van der Waals surface area contributed by atoms with E-state index in [1.807, 2.05) is 0 Å². The quantitative estimate of drug-likeness (QED) is 0.773. The second-order valence-electron chi connectivity index (χ2n) is 4.94. The summed E-state index contributed by atoms with van der Waals surface area (Å²) in [5.41, 5.74) is 1.02. The summed E-state index contributed by atoms with van der Waals surface area (Å²) in [6.07, 6.45) is 3.16. The van der Waals surface area contributed by atoms with Crippen LogP contribution in [0.2, 0.25) is 5.02 Å². The summed E-state index contributed by atoms with van der Waals surface area (Å²) in [4.78, 5) is 0. The second kappa shape index (κ2) is 7.75. The lowest BCUT2D eigenvalue weighted by Gasteiger charge is -2.21. The molecule has 1 nitrogen and oxygen atoms in total. The molecule has 0 saturated carbocycles. The zero-order chi connectivity index (χ0) is 13.5. The van der Waals surface area contributed by atoms with E-state index in [2.05, 4.69) is 26.1 Å². The number of benzene rings is 1. The highest BCUT2D eigenvalue weighted by atomic mass is 35.5. The molecule has 0 aromatic heterocycles. The number of rotatable bonds is 7. The average Bonchev–Trinajstić information content (AvgIpc) is 2.32. The maximum absolute atomic E-state index is 13.0. The van der Waals surface area contributed by atoms with Crippen LogP contribution in [0.4, 0.5) is 4.39 Å². The van der Waals surface area contributed by atoms with Crippen molar-refractivity contribution in [3.8, 4) is 0 Å². The Kier molecular flexibility index (Phi) is 6.66. The summed E-state index contributed by atoms with van der Waals surface area (Å²) < 4.78 is 13.0. The van der Waals surface area contributed by atoms with E-state index in [0.717, 1.165) is 24.9 Å². The standard InChI is InChI=1S/C15H23ClFN/c1-4-11(3)8-14(18-5-2)9-12-6-7-13(17)10-15(12)16/h6-7,10-11,14,18H,4-5,8-9H2,1-3H3. The first-order valence-electron chi connectivity index (χ1n) is 6.74. The minimum Gasteiger partial charge on any atom is -0.314 e. The monoisotopic (exact) mass is 271 g/mol. The van der Waals surface area contributed by atoms with Gasteiger partial charge in [0.1, 0.15) is 5.82 Å². The van der Waals surface area contributed by atoms with Gasteiger partial charge in [-0.3, -0.25) is 0 Å². The van der Waals surface area contributed by atoms with Gasteiger partial charge in [-0.15, -0.1) is 0 Å². The Morgan fingerprint density at radius 3 is 2.61 bits per heavy atom. The van der Waals surface area contributed by atoms with E-state index in [1.54, 1.807) is 6.07 Å². The molecule has 2 atom stereocenters. The highest BCUT2D eigenvalue weighted by Gasteiger charge is 2.14. The lowest BCUT2D eigenvalue weighted by atomic mass is 9.94. The Hall–Kier alpha value is -0.600. The van der Waals surface area contributed by atoms with Crippen molar-refractivity contribution in [3.05, 3.63) is 34.6 Å². The van der Waals surface area contributed by atoms with Gasteiger partial charge < -0.3 is 5.32 Å². The SMILES string of the molecule is CCNC(Cc1ccc(F)cc1Cl)CC(C)CC. The number of likely N-dealkylation sites (N-methyl/N-ethyl adjacent to an activating group) is 1. The Balaban J connectivity index is 2.69. The molecule has 2 unspecified atom stereocenters. The van der Waals surface area contributed by atoms with E-state index in [1.165, 1.54) is 18.6 Å². The van der Waals surface area contributed by atoms with Crippen LogP contribution in [0.1, 0.15) is 39.2 Å². The van der Waals surface area contributed by atoms with Crippen LogP contribution in [-0.4, -0.2) is 12.6 Å². The molecular weight excluding hydrogens is 249 g/mol. The molecule has 1 N–H and O–H groups in total. The average molecular weight is 272 g/mol. The lowest BCUT2D eigenvalue weighted by Crippen LogP contribution is -2.32. The summed E-state index contributed by atoms with van der Waals surface area (Å²) in [6.45, 7) is 7.52. The van der Waals surface area contributed by atoms with Crippen LogP contribution in [0.15, 0.2) is 18.2 Å². The van der Waals surface area contributed by atoms with Crippen LogP contribution in [0.3, 0.4) is 0 Å². The third-order valence-electron chi connectivity index (χ3n) is 3.36. The first kappa shape index (κ1) is 15.5. The molecular formula is C15H23ClFN. The Bertz CT molecular complexity index is 368. The Morgan fingerprint density at radius 1 is 1.33 bits per heavy atom. The molecule has 0 heterocycles. The zero-order valence-electron chi connectivity index (χ0n) is 11.5. The van der Waals surface area contributed by atoms with Crippen molar-refractivity contribution in [2.24, 2.45) is 5.92 Å². The van der Waals surface area contributed by atoms with Crippen molar-refractivity contribution in [2.75, 3.05) is 6.54 Å². The molecule has 18 heavy (non-hydrogen) atoms. The summed E-state index contributed by atoms with van der Waals surface area (Å²) in [7, 11) is 0. The fourth-order valence-corrected chi connectivity index (χ4v) is 2.38. The highest BCUT2D eigenvalue weighted by molar-refractivity contribution is 6.31. The van der Waals surface area contributed by atoms with Gasteiger partial charge in [0.05, 0.1) is 0 Å². The smallest absolute Gasteiger partial charge is 0.124 e. The van der Waals surface area contributed by atoms with Gasteiger partial charge in [-0.1, -0.05) is 44.9 Å². The zero-order valence-corrected chi connectivity index (χ0v) is 12.2. The molecule has 0 bridgehead atoms. The van der Waals surface area contributed by atoms with E-state index < -0.39 is 0 Å². The largest absolute Gasteiger partial charge is 0.314 e. The van der Waals surface area contributed by atoms with Crippen LogP contribution in [0, 0.1) is 11.7 Å². The van der Waals surface area contributed by atoms with Gasteiger partial charge in [-0.2, -0.15) is 0 Å². The third-order valence-corrected chi connectivity index (χ3v) is 3.71. The molecule has 1 aromatic carbocycles.